The second-order valence-electron chi connectivity index (χ2n) is 19.5. The van der Waals surface area contributed by atoms with E-state index in [0.717, 1.165) is 37.7 Å². The number of nitrogens with zero attached hydrogens (tertiary/aromatic N) is 12. The van der Waals surface area contributed by atoms with E-state index in [2.05, 4.69) is 50.7 Å². The van der Waals surface area contributed by atoms with Gasteiger partial charge in [0.25, 0.3) is 0 Å². The van der Waals surface area contributed by atoms with Crippen LogP contribution in [0.3, 0.4) is 0 Å². The number of imidazole rings is 2. The van der Waals surface area contributed by atoms with Crippen molar-refractivity contribution in [3.8, 4) is 22.5 Å². The average molecular weight is 1130 g/mol. The molecule has 11 rings (SSSR count). The van der Waals surface area contributed by atoms with Gasteiger partial charge in [-0.3, -0.25) is 18.5 Å². The molecule has 74 heavy (non-hydrogen) atoms. The smallest absolute Gasteiger partial charge is 0.399 e. The zero-order valence-corrected chi connectivity index (χ0v) is 44.2. The highest BCUT2D eigenvalue weighted by molar-refractivity contribution is 14.1. The number of anilines is 2. The summed E-state index contributed by atoms with van der Waals surface area (Å²) in [5.41, 5.74) is 5.23. The molecule has 20 nitrogen and oxygen atoms in total. The van der Waals surface area contributed by atoms with E-state index in [4.69, 9.17) is 18.8 Å². The number of ether oxygens (including phenoxy) is 2. The minimum Gasteiger partial charge on any atom is -0.399 e. The lowest BCUT2D eigenvalue weighted by molar-refractivity contribution is 0.00578. The number of aliphatic hydroxyl groups is 2. The number of methoxy groups -OCH3 is 2. The van der Waals surface area contributed by atoms with Gasteiger partial charge in [-0.2, -0.15) is 20.2 Å². The topological polar surface area (TPSA) is 224 Å². The van der Waals surface area contributed by atoms with E-state index in [1.165, 1.54) is 12.1 Å². The Hall–Kier alpha value is -6.03. The second-order valence-corrected chi connectivity index (χ2v) is 20.7. The van der Waals surface area contributed by atoms with Crippen molar-refractivity contribution in [2.45, 2.75) is 115 Å². The first-order valence-corrected chi connectivity index (χ1v) is 25.6. The Morgan fingerprint density at radius 2 is 1.20 bits per heavy atom. The maximum Gasteiger partial charge on any atom is 0.498 e. The quantitative estimate of drug-likeness (QED) is 0.0674. The van der Waals surface area contributed by atoms with Crippen molar-refractivity contribution >= 4 is 69.4 Å². The van der Waals surface area contributed by atoms with E-state index in [1.807, 2.05) is 73.3 Å². The summed E-state index contributed by atoms with van der Waals surface area (Å²) in [6.07, 6.45) is 17.9. The third kappa shape index (κ3) is 12.2. The summed E-state index contributed by atoms with van der Waals surface area (Å²) in [6, 6.07) is 10.3. The predicted octanol–water partition coefficient (Wildman–Crippen LogP) is 6.50. The summed E-state index contributed by atoms with van der Waals surface area (Å²) in [4.78, 5) is 26.3. The van der Waals surface area contributed by atoms with Crippen LogP contribution >= 0.6 is 22.6 Å². The fraction of sp³-hybridized carbons (Fsp3) is 0.440. The van der Waals surface area contributed by atoms with Gasteiger partial charge in [0.15, 0.2) is 11.3 Å². The third-order valence-electron chi connectivity index (χ3n) is 13.6. The predicted molar refractivity (Wildman–Crippen MR) is 283 cm³/mol. The lowest BCUT2D eigenvalue weighted by Gasteiger charge is -2.32. The van der Waals surface area contributed by atoms with Crippen LogP contribution in [-0.2, 0) is 31.9 Å². The molecular weight excluding hydrogens is 1070 g/mol. The second kappa shape index (κ2) is 22.8. The lowest BCUT2D eigenvalue weighted by atomic mass is 9.82. The molecular formula is C50H60BF2IN14O6. The molecule has 0 bridgehead atoms. The molecule has 24 heteroatoms. The number of benzene rings is 2. The Morgan fingerprint density at radius 3 is 1.70 bits per heavy atom. The minimum absolute atomic E-state index is 0.139. The van der Waals surface area contributed by atoms with Crippen LogP contribution in [0.5, 0.6) is 0 Å². The van der Waals surface area contributed by atoms with Gasteiger partial charge in [-0.25, -0.2) is 28.7 Å². The number of hydrogen-bond donors (Lipinski definition) is 4. The zero-order valence-electron chi connectivity index (χ0n) is 42.1. The summed E-state index contributed by atoms with van der Waals surface area (Å²) in [6.45, 7) is 10.7. The fourth-order valence-corrected chi connectivity index (χ4v) is 9.13. The van der Waals surface area contributed by atoms with Gasteiger partial charge >= 0.3 is 7.12 Å². The highest BCUT2D eigenvalue weighted by atomic mass is 127. The molecule has 1 aliphatic heterocycles. The first kappa shape index (κ1) is 52.8. The Bertz CT molecular complexity index is 3170. The first-order chi connectivity index (χ1) is 35.6. The largest absolute Gasteiger partial charge is 0.498 e. The molecule has 390 valence electrons. The van der Waals surface area contributed by atoms with Crippen LogP contribution in [0, 0.1) is 15.2 Å². The maximum absolute atomic E-state index is 15.0. The molecule has 6 aromatic heterocycles. The Labute approximate surface area is 440 Å². The van der Waals surface area contributed by atoms with Gasteiger partial charge in [0.1, 0.15) is 35.3 Å². The van der Waals surface area contributed by atoms with Gasteiger partial charge in [-0.15, -0.1) is 0 Å². The van der Waals surface area contributed by atoms with Gasteiger partial charge in [0.05, 0.1) is 79.7 Å². The minimum atomic E-state index is -0.358. The van der Waals surface area contributed by atoms with E-state index in [9.17, 15) is 14.6 Å². The summed E-state index contributed by atoms with van der Waals surface area (Å²) < 4.78 is 58.5. The molecule has 0 spiro atoms. The molecule has 7 heterocycles. The highest BCUT2D eigenvalue weighted by Crippen LogP contribution is 2.36. The first-order valence-electron chi connectivity index (χ1n) is 24.5. The van der Waals surface area contributed by atoms with Crippen LogP contribution in [0.2, 0.25) is 0 Å². The number of rotatable bonds is 14. The van der Waals surface area contributed by atoms with Crippen LogP contribution in [0.15, 0.2) is 86.2 Å². The number of aromatic nitrogens is 12. The van der Waals surface area contributed by atoms with Crippen molar-refractivity contribution in [3.63, 3.8) is 0 Å². The Morgan fingerprint density at radius 1 is 0.689 bits per heavy atom. The zero-order chi connectivity index (χ0) is 52.1. The van der Waals surface area contributed by atoms with Crippen LogP contribution in [0.1, 0.15) is 66.2 Å². The van der Waals surface area contributed by atoms with Gasteiger partial charge in [0.2, 0.25) is 11.9 Å². The van der Waals surface area contributed by atoms with Crippen molar-refractivity contribution in [3.05, 3.63) is 101 Å². The summed E-state index contributed by atoms with van der Waals surface area (Å²) in [5, 5.41) is 34.4. The van der Waals surface area contributed by atoms with Crippen molar-refractivity contribution in [1.82, 2.24) is 58.6 Å². The van der Waals surface area contributed by atoms with E-state index in [0.29, 0.717) is 92.9 Å². The molecule has 4 atom stereocenters. The molecule has 0 radical (unpaired) electrons. The van der Waals surface area contributed by atoms with E-state index < -0.39 is 0 Å². The van der Waals surface area contributed by atoms with Crippen LogP contribution in [-0.4, -0.2) is 139 Å². The summed E-state index contributed by atoms with van der Waals surface area (Å²) in [5.74, 6) is 0.332. The average Bonchev–Trinajstić information content (AvgIpc) is 4.26. The van der Waals surface area contributed by atoms with Gasteiger partial charge < -0.3 is 39.6 Å². The SMILES string of the molecule is COCCn1cc(-c2ccc(-n3cnc4cnc(N[C@H]5CC[C@H](O)C5)nc43)cc2F)cn1.COCCn1cc(B2OC(C)(C)C(C)(C)O2)cn1.O[C@H]1CC[C@H](Nc2ncc3ncn(-c4ccc(I)c(F)c4)c3n2)C1. The third-order valence-corrected chi connectivity index (χ3v) is 14.5. The van der Waals surface area contributed by atoms with Crippen LogP contribution < -0.4 is 16.1 Å². The molecule has 0 unspecified atom stereocenters. The van der Waals surface area contributed by atoms with Crippen molar-refractivity contribution in [2.24, 2.45) is 0 Å². The highest BCUT2D eigenvalue weighted by Gasteiger charge is 2.52. The molecule has 4 N–H and O–H groups in total. The van der Waals surface area contributed by atoms with E-state index in [1.54, 1.807) is 83.8 Å². The molecule has 0 amide bonds. The number of halogens is 3. The Balaban J connectivity index is 0.000000142. The number of fused-ring (bicyclic) bond motifs is 2. The monoisotopic (exact) mass is 1130 g/mol. The number of hydrogen-bond acceptors (Lipinski definition) is 16. The summed E-state index contributed by atoms with van der Waals surface area (Å²) in [7, 11) is 2.97. The van der Waals surface area contributed by atoms with Crippen molar-refractivity contribution < 1.29 is 37.8 Å². The number of aliphatic hydroxyl groups excluding tert-OH is 2. The van der Waals surface area contributed by atoms with Crippen LogP contribution in [0.4, 0.5) is 20.7 Å². The standard InChI is InChI=1S/C22H24FN7O2.C16H15FIN5O.C12H21BN2O3/c1-32-7-6-29-12-14(10-26-29)18-5-3-16(9-19(18)23)30-13-25-20-11-24-22(28-21(20)30)27-15-2-4-17(31)8-15;17-12-6-10(2-4-13(12)18)23-8-20-14-7-19-16(22-15(14)23)21-9-1-3-11(24)5-9;1-11(2)12(3,4)18-13(17-11)10-8-14-15(9-10)6-7-16-5/h3,5,9-13,15,17,31H,2,4,6-8H2,1H3,(H,24,27,28);2,4,6-9,11,24H,1,3,5H2,(H,19,21,22);8-9H,6-7H2,1-5H3/t15-,17-;9-,11-;/m00./s1. The Kier molecular flexibility index (Phi) is 16.3. The maximum atomic E-state index is 15.0. The van der Waals surface area contributed by atoms with E-state index >= 15 is 4.39 Å². The molecule has 2 aromatic carbocycles. The molecule has 2 saturated carbocycles. The molecule has 8 aromatic rings. The number of nitrogens with one attached hydrogen (secondary N) is 2. The molecule has 1 saturated heterocycles. The normalized spacial score (nSPS) is 19.9. The van der Waals surface area contributed by atoms with Gasteiger partial charge in [-0.1, -0.05) is 0 Å². The van der Waals surface area contributed by atoms with Crippen molar-refractivity contribution in [1.29, 1.82) is 0 Å². The van der Waals surface area contributed by atoms with Crippen LogP contribution in [0.25, 0.3) is 44.8 Å². The molecule has 3 fully saturated rings. The molecule has 2 aliphatic carbocycles. The van der Waals surface area contributed by atoms with Crippen molar-refractivity contribution in [2.75, 3.05) is 38.1 Å². The van der Waals surface area contributed by atoms with Gasteiger partial charge in [-0.05, 0) is 125 Å². The van der Waals surface area contributed by atoms with Gasteiger partial charge in [0, 0.05) is 65.1 Å². The fourth-order valence-electron chi connectivity index (χ4n) is 8.80. The summed E-state index contributed by atoms with van der Waals surface area (Å²) >= 11 is 1.96. The molecule has 3 aliphatic rings. The lowest BCUT2D eigenvalue weighted by Crippen LogP contribution is -2.41. The van der Waals surface area contributed by atoms with E-state index in [-0.39, 0.29) is 54.2 Å².